The summed E-state index contributed by atoms with van der Waals surface area (Å²) in [6.07, 6.45) is 0. The summed E-state index contributed by atoms with van der Waals surface area (Å²) in [5, 5.41) is 7.27. The molecule has 3 heteroatoms. The van der Waals surface area contributed by atoms with Gasteiger partial charge < -0.3 is 9.32 Å². The summed E-state index contributed by atoms with van der Waals surface area (Å²) in [6.45, 7) is 4.71. The lowest BCUT2D eigenvalue weighted by Gasteiger charge is -2.30. The fourth-order valence-corrected chi connectivity index (χ4v) is 10.8. The molecule has 2 heterocycles. The van der Waals surface area contributed by atoms with Gasteiger partial charge in [-0.05, 0) is 98.8 Å². The largest absolute Gasteiger partial charge is 0.455 e. The second kappa shape index (κ2) is 12.5. The van der Waals surface area contributed by atoms with Crippen LogP contribution in [0.4, 0.5) is 17.1 Å². The van der Waals surface area contributed by atoms with Crippen LogP contribution in [0.5, 0.6) is 0 Å². The van der Waals surface area contributed by atoms with E-state index >= 15 is 0 Å². The van der Waals surface area contributed by atoms with Gasteiger partial charge in [0.15, 0.2) is 0 Å². The third-order valence-corrected chi connectivity index (χ3v) is 13.6. The minimum absolute atomic E-state index is 0.142. The Morgan fingerprint density at radius 1 is 0.466 bits per heavy atom. The molecule has 0 unspecified atom stereocenters. The van der Waals surface area contributed by atoms with Crippen LogP contribution in [-0.2, 0) is 5.41 Å². The molecule has 9 aromatic carbocycles. The van der Waals surface area contributed by atoms with Crippen molar-refractivity contribution in [3.63, 3.8) is 0 Å². The van der Waals surface area contributed by atoms with Gasteiger partial charge in [0.1, 0.15) is 11.2 Å². The molecule has 0 amide bonds. The molecule has 1 aliphatic carbocycles. The van der Waals surface area contributed by atoms with Crippen LogP contribution in [0.3, 0.4) is 0 Å². The van der Waals surface area contributed by atoms with Gasteiger partial charge in [-0.15, -0.1) is 11.3 Å². The maximum absolute atomic E-state index is 6.91. The van der Waals surface area contributed by atoms with Gasteiger partial charge in [-0.3, -0.25) is 0 Å². The van der Waals surface area contributed by atoms with Gasteiger partial charge in [-0.25, -0.2) is 0 Å². The molecule has 0 radical (unpaired) electrons. The van der Waals surface area contributed by atoms with Gasteiger partial charge in [-0.2, -0.15) is 0 Å². The van der Waals surface area contributed by atoms with Crippen molar-refractivity contribution >= 4 is 81.3 Å². The molecule has 0 saturated heterocycles. The summed E-state index contributed by atoms with van der Waals surface area (Å²) in [5.74, 6) is 0. The number of benzene rings is 9. The zero-order chi connectivity index (χ0) is 38.5. The Bertz CT molecular complexity index is 3440. The van der Waals surface area contributed by atoms with E-state index in [4.69, 9.17) is 4.42 Å². The topological polar surface area (TPSA) is 16.4 Å². The standard InChI is InChI=1S/C55H37NOS/c1-55(2)44-19-8-5-15-41(44)52-45(55)20-12-21-46(52)56(38-29-27-35(28-30-38)39-18-11-24-50-51(39)43-17-7-10-23-49(43)58-50)47-32-31-40(37-26-25-34-13-3-4-14-36(34)33-37)54-53(47)42-16-6-9-22-48(42)57-54/h3-33H,1-2H3. The van der Waals surface area contributed by atoms with Gasteiger partial charge in [0, 0.05) is 47.8 Å². The van der Waals surface area contributed by atoms with Gasteiger partial charge in [-0.1, -0.05) is 147 Å². The van der Waals surface area contributed by atoms with Crippen molar-refractivity contribution in [2.45, 2.75) is 19.3 Å². The van der Waals surface area contributed by atoms with E-state index in [-0.39, 0.29) is 5.41 Å². The van der Waals surface area contributed by atoms with E-state index in [2.05, 4.69) is 207 Å². The lowest BCUT2D eigenvalue weighted by molar-refractivity contribution is 0.660. The molecule has 11 aromatic rings. The van der Waals surface area contributed by atoms with Gasteiger partial charge in [0.25, 0.3) is 0 Å². The zero-order valence-electron chi connectivity index (χ0n) is 32.2. The quantitative estimate of drug-likeness (QED) is 0.174. The number of anilines is 3. The van der Waals surface area contributed by atoms with Crippen LogP contribution < -0.4 is 4.90 Å². The molecule has 58 heavy (non-hydrogen) atoms. The van der Waals surface area contributed by atoms with Gasteiger partial charge in [0.05, 0.1) is 16.8 Å². The minimum atomic E-state index is -0.142. The number of hydrogen-bond acceptors (Lipinski definition) is 3. The Hall–Kier alpha value is -6.94. The molecular formula is C55H37NOS. The predicted octanol–water partition coefficient (Wildman–Crippen LogP) is 16.2. The molecule has 274 valence electrons. The van der Waals surface area contributed by atoms with E-state index in [9.17, 15) is 0 Å². The Morgan fingerprint density at radius 2 is 1.16 bits per heavy atom. The van der Waals surface area contributed by atoms with Crippen LogP contribution in [-0.4, -0.2) is 0 Å². The van der Waals surface area contributed by atoms with Crippen LogP contribution >= 0.6 is 11.3 Å². The van der Waals surface area contributed by atoms with Crippen LogP contribution in [0.2, 0.25) is 0 Å². The molecular weight excluding hydrogens is 723 g/mol. The van der Waals surface area contributed by atoms with Crippen molar-refractivity contribution in [2.75, 3.05) is 4.90 Å². The van der Waals surface area contributed by atoms with Crippen molar-refractivity contribution in [1.82, 2.24) is 0 Å². The molecule has 1 aliphatic rings. The molecule has 0 atom stereocenters. The normalized spacial score (nSPS) is 13.1. The molecule has 0 aliphatic heterocycles. The number of para-hydroxylation sites is 1. The summed E-state index contributed by atoms with van der Waals surface area (Å²) < 4.78 is 9.54. The summed E-state index contributed by atoms with van der Waals surface area (Å²) in [4.78, 5) is 2.48. The van der Waals surface area contributed by atoms with Gasteiger partial charge >= 0.3 is 0 Å². The van der Waals surface area contributed by atoms with E-state index in [0.717, 1.165) is 50.1 Å². The number of hydrogen-bond donors (Lipinski definition) is 0. The monoisotopic (exact) mass is 759 g/mol. The molecule has 0 N–H and O–H groups in total. The molecule has 0 fully saturated rings. The zero-order valence-corrected chi connectivity index (χ0v) is 33.0. The summed E-state index contributed by atoms with van der Waals surface area (Å²) >= 11 is 1.86. The Balaban J connectivity index is 1.12. The van der Waals surface area contributed by atoms with E-state index in [0.29, 0.717) is 0 Å². The van der Waals surface area contributed by atoms with Crippen LogP contribution in [0.25, 0.3) is 86.3 Å². The number of nitrogens with zero attached hydrogens (tertiary/aromatic N) is 1. The first-order valence-corrected chi connectivity index (χ1v) is 20.8. The summed E-state index contributed by atoms with van der Waals surface area (Å²) in [5.41, 5.74) is 14.9. The highest BCUT2D eigenvalue weighted by atomic mass is 32.1. The molecule has 0 bridgehead atoms. The highest BCUT2D eigenvalue weighted by Gasteiger charge is 2.38. The fraction of sp³-hybridized carbons (Fsp3) is 0.0545. The van der Waals surface area contributed by atoms with Gasteiger partial charge in [0.2, 0.25) is 0 Å². The van der Waals surface area contributed by atoms with Crippen molar-refractivity contribution < 1.29 is 4.42 Å². The van der Waals surface area contributed by atoms with Crippen molar-refractivity contribution in [3.05, 3.63) is 199 Å². The van der Waals surface area contributed by atoms with Crippen LogP contribution in [0, 0.1) is 0 Å². The van der Waals surface area contributed by atoms with E-state index in [1.54, 1.807) is 0 Å². The second-order valence-electron chi connectivity index (χ2n) is 16.0. The fourth-order valence-electron chi connectivity index (χ4n) is 9.72. The Morgan fingerprint density at radius 3 is 2.05 bits per heavy atom. The Kier molecular flexibility index (Phi) is 7.18. The molecule has 0 saturated carbocycles. The average Bonchev–Trinajstić information content (AvgIpc) is 3.92. The number of furan rings is 1. The predicted molar refractivity (Wildman–Crippen MR) is 247 cm³/mol. The molecule has 12 rings (SSSR count). The summed E-state index contributed by atoms with van der Waals surface area (Å²) in [7, 11) is 0. The van der Waals surface area contributed by atoms with Crippen LogP contribution in [0.1, 0.15) is 25.0 Å². The Labute approximate surface area is 340 Å². The molecule has 2 nitrogen and oxygen atoms in total. The van der Waals surface area contributed by atoms with Crippen LogP contribution in [0.15, 0.2) is 192 Å². The molecule has 0 spiro atoms. The first-order chi connectivity index (χ1) is 28.5. The number of rotatable bonds is 5. The van der Waals surface area contributed by atoms with Crippen molar-refractivity contribution in [2.24, 2.45) is 0 Å². The van der Waals surface area contributed by atoms with E-state index in [1.165, 1.54) is 64.3 Å². The lowest BCUT2D eigenvalue weighted by Crippen LogP contribution is -2.16. The minimum Gasteiger partial charge on any atom is -0.455 e. The third kappa shape index (κ3) is 4.84. The first kappa shape index (κ1) is 33.2. The first-order valence-electron chi connectivity index (χ1n) is 20.0. The van der Waals surface area contributed by atoms with Crippen molar-refractivity contribution in [3.8, 4) is 33.4 Å². The molecule has 2 aromatic heterocycles. The number of thiophene rings is 1. The summed E-state index contributed by atoms with van der Waals surface area (Å²) in [6, 6.07) is 68.8. The highest BCUT2D eigenvalue weighted by molar-refractivity contribution is 7.25. The smallest absolute Gasteiger partial charge is 0.145 e. The maximum Gasteiger partial charge on any atom is 0.145 e. The maximum atomic E-state index is 6.91. The van der Waals surface area contributed by atoms with E-state index in [1.807, 2.05) is 11.3 Å². The average molecular weight is 760 g/mol. The highest BCUT2D eigenvalue weighted by Crippen LogP contribution is 2.55. The number of fused-ring (bicyclic) bond motifs is 10. The van der Waals surface area contributed by atoms with Crippen molar-refractivity contribution in [1.29, 1.82) is 0 Å². The SMILES string of the molecule is CC1(C)c2ccccc2-c2c(N(c3ccc(-c4cccc5sc6ccccc6c45)cc3)c3ccc(-c4ccc5ccccc5c4)c4oc5ccccc5c34)cccc21. The van der Waals surface area contributed by atoms with E-state index < -0.39 is 0 Å². The lowest BCUT2D eigenvalue weighted by atomic mass is 9.82. The second-order valence-corrected chi connectivity index (χ2v) is 17.1. The third-order valence-electron chi connectivity index (χ3n) is 12.5.